The molecule has 2 saturated carbocycles. The van der Waals surface area contributed by atoms with E-state index in [9.17, 15) is 4.79 Å². The third kappa shape index (κ3) is 1.35. The molecule has 0 radical (unpaired) electrons. The fraction of sp³-hybridized carbons (Fsp3) is 0.900. The standard InChI is InChI=1S/C10H15ClO2/c1-9-4-2-3-5-10(9,7-9)13-8(12)6-11/h2-7H2,1H3/t9-,10-/m1/s1/i7D2. The first-order valence-electron chi connectivity index (χ1n) is 5.69. The highest BCUT2D eigenvalue weighted by atomic mass is 35.5. The number of ether oxygens (including phenoxy) is 1. The summed E-state index contributed by atoms with van der Waals surface area (Å²) in [5.41, 5.74) is -1.40. The average Bonchev–Trinajstić information content (AvgIpc) is 2.58. The Morgan fingerprint density at radius 2 is 2.31 bits per heavy atom. The lowest BCUT2D eigenvalue weighted by Gasteiger charge is -2.27. The fourth-order valence-corrected chi connectivity index (χ4v) is 2.34. The number of halogens is 1. The van der Waals surface area contributed by atoms with Gasteiger partial charge < -0.3 is 4.74 Å². The van der Waals surface area contributed by atoms with Crippen LogP contribution in [-0.2, 0) is 9.53 Å². The van der Waals surface area contributed by atoms with E-state index in [1.807, 2.05) is 6.92 Å². The Labute approximate surface area is 86.4 Å². The first-order chi connectivity index (χ1) is 6.91. The molecule has 2 atom stereocenters. The van der Waals surface area contributed by atoms with Gasteiger partial charge in [0.2, 0.25) is 0 Å². The van der Waals surface area contributed by atoms with Gasteiger partial charge in [0.1, 0.15) is 11.5 Å². The summed E-state index contributed by atoms with van der Waals surface area (Å²) < 4.78 is 21.2. The largest absolute Gasteiger partial charge is 0.458 e. The first kappa shape index (κ1) is 7.10. The second-order valence-corrected chi connectivity index (χ2v) is 4.37. The number of alkyl halides is 1. The summed E-state index contributed by atoms with van der Waals surface area (Å²) in [5.74, 6) is -0.709. The van der Waals surface area contributed by atoms with E-state index in [1.165, 1.54) is 0 Å². The van der Waals surface area contributed by atoms with Crippen LogP contribution in [-0.4, -0.2) is 17.5 Å². The molecule has 0 saturated heterocycles. The van der Waals surface area contributed by atoms with Gasteiger partial charge in [-0.2, -0.15) is 0 Å². The molecule has 0 unspecified atom stereocenters. The molecule has 13 heavy (non-hydrogen) atoms. The number of esters is 1. The molecule has 0 aromatic rings. The fourth-order valence-electron chi connectivity index (χ4n) is 2.28. The van der Waals surface area contributed by atoms with Crippen molar-refractivity contribution in [2.45, 2.75) is 44.6 Å². The highest BCUT2D eigenvalue weighted by molar-refractivity contribution is 6.26. The minimum atomic E-state index is -1.39. The second kappa shape index (κ2) is 2.88. The van der Waals surface area contributed by atoms with Gasteiger partial charge in [0.15, 0.2) is 0 Å². The maximum atomic E-state index is 11.2. The summed E-state index contributed by atoms with van der Waals surface area (Å²) in [6.45, 7) is 1.87. The van der Waals surface area contributed by atoms with Gasteiger partial charge in [-0.05, 0) is 25.6 Å². The van der Waals surface area contributed by atoms with E-state index in [0.29, 0.717) is 6.42 Å². The van der Waals surface area contributed by atoms with Crippen molar-refractivity contribution >= 4 is 17.6 Å². The Bertz CT molecular complexity index is 308. The number of fused-ring (bicyclic) bond motifs is 1. The van der Waals surface area contributed by atoms with E-state index in [4.69, 9.17) is 19.1 Å². The van der Waals surface area contributed by atoms with Gasteiger partial charge in [0.25, 0.3) is 0 Å². The maximum Gasteiger partial charge on any atom is 0.321 e. The van der Waals surface area contributed by atoms with Crippen molar-refractivity contribution in [1.29, 1.82) is 0 Å². The highest BCUT2D eigenvalue weighted by Gasteiger charge is 2.67. The molecule has 0 aliphatic heterocycles. The van der Waals surface area contributed by atoms with Crippen LogP contribution >= 0.6 is 11.6 Å². The lowest BCUT2D eigenvalue weighted by molar-refractivity contribution is -0.152. The van der Waals surface area contributed by atoms with Crippen LogP contribution in [0.25, 0.3) is 0 Å². The molecule has 0 aromatic heterocycles. The normalized spacial score (nSPS) is 48.5. The second-order valence-electron chi connectivity index (χ2n) is 4.10. The molecule has 2 aliphatic carbocycles. The van der Waals surface area contributed by atoms with Gasteiger partial charge in [-0.25, -0.2) is 0 Å². The summed E-state index contributed by atoms with van der Waals surface area (Å²) in [6, 6.07) is 0. The van der Waals surface area contributed by atoms with Gasteiger partial charge in [-0.3, -0.25) is 4.79 Å². The molecule has 0 spiro atoms. The molecule has 0 heterocycles. The Morgan fingerprint density at radius 1 is 1.62 bits per heavy atom. The van der Waals surface area contributed by atoms with E-state index >= 15 is 0 Å². The van der Waals surface area contributed by atoms with E-state index in [-0.39, 0.29) is 5.88 Å². The van der Waals surface area contributed by atoms with Crippen molar-refractivity contribution < 1.29 is 12.3 Å². The van der Waals surface area contributed by atoms with Gasteiger partial charge in [-0.15, -0.1) is 11.6 Å². The zero-order chi connectivity index (χ0) is 11.3. The predicted molar refractivity (Wildman–Crippen MR) is 50.7 cm³/mol. The zero-order valence-corrected chi connectivity index (χ0v) is 8.49. The predicted octanol–water partition coefficient (Wildman–Crippen LogP) is 2.49. The van der Waals surface area contributed by atoms with Crippen molar-refractivity contribution in [1.82, 2.24) is 0 Å². The molecular formula is C10H15ClO2. The van der Waals surface area contributed by atoms with Crippen molar-refractivity contribution in [3.63, 3.8) is 0 Å². The molecule has 3 heteroatoms. The summed E-state index contributed by atoms with van der Waals surface area (Å²) in [6.07, 6.45) is 1.95. The minimum Gasteiger partial charge on any atom is -0.458 e. The molecule has 0 bridgehead atoms. The van der Waals surface area contributed by atoms with E-state index in [1.54, 1.807) is 0 Å². The van der Waals surface area contributed by atoms with Crippen molar-refractivity contribution in [3.05, 3.63) is 0 Å². The van der Waals surface area contributed by atoms with E-state index < -0.39 is 23.4 Å². The van der Waals surface area contributed by atoms with Crippen molar-refractivity contribution in [3.8, 4) is 0 Å². The van der Waals surface area contributed by atoms with Crippen LogP contribution in [0.5, 0.6) is 0 Å². The number of hydrogen-bond acceptors (Lipinski definition) is 2. The Morgan fingerprint density at radius 3 is 2.92 bits per heavy atom. The number of carbonyl (C=O) groups is 1. The molecule has 2 fully saturated rings. The third-order valence-corrected chi connectivity index (χ3v) is 3.38. The van der Waals surface area contributed by atoms with Gasteiger partial charge in [0.05, 0.1) is 0 Å². The molecule has 0 aromatic carbocycles. The van der Waals surface area contributed by atoms with Gasteiger partial charge >= 0.3 is 5.97 Å². The number of rotatable bonds is 2. The van der Waals surface area contributed by atoms with Gasteiger partial charge in [-0.1, -0.05) is 13.3 Å². The third-order valence-electron chi connectivity index (χ3n) is 3.16. The van der Waals surface area contributed by atoms with Crippen LogP contribution in [0.15, 0.2) is 0 Å². The lowest BCUT2D eigenvalue weighted by atomic mass is 9.88. The molecule has 2 rings (SSSR count). The first-order valence-corrected chi connectivity index (χ1v) is 5.22. The molecular weight excluding hydrogens is 188 g/mol. The van der Waals surface area contributed by atoms with Crippen molar-refractivity contribution in [2.75, 3.05) is 5.88 Å². The SMILES string of the molecule is [2H]C1([2H])[C@@]2(C)CCCC[C@@]12OC(=O)CCl. The molecule has 2 nitrogen and oxygen atoms in total. The Kier molecular flexibility index (Phi) is 1.57. The van der Waals surface area contributed by atoms with E-state index in [0.717, 1.165) is 19.3 Å². The molecule has 0 amide bonds. The van der Waals surface area contributed by atoms with Crippen molar-refractivity contribution in [2.24, 2.45) is 5.41 Å². The monoisotopic (exact) mass is 204 g/mol. The molecule has 0 N–H and O–H groups in total. The topological polar surface area (TPSA) is 26.3 Å². The van der Waals surface area contributed by atoms with Crippen LogP contribution in [0.2, 0.25) is 0 Å². The maximum absolute atomic E-state index is 11.2. The van der Waals surface area contributed by atoms with E-state index in [2.05, 4.69) is 0 Å². The Balaban J connectivity index is 2.23. The molecule has 74 valence electrons. The highest BCUT2D eigenvalue weighted by Crippen LogP contribution is 2.66. The minimum absolute atomic E-state index is 0.200. The number of carbonyl (C=O) groups excluding carboxylic acids is 1. The van der Waals surface area contributed by atoms with Gasteiger partial charge in [0, 0.05) is 8.16 Å². The van der Waals surface area contributed by atoms with Crippen LogP contribution in [0.3, 0.4) is 0 Å². The smallest absolute Gasteiger partial charge is 0.321 e. The van der Waals surface area contributed by atoms with Crippen LogP contribution in [0, 0.1) is 5.41 Å². The summed E-state index contributed by atoms with van der Waals surface area (Å²) in [5, 5.41) is 0. The summed E-state index contributed by atoms with van der Waals surface area (Å²) in [7, 11) is 0. The Hall–Kier alpha value is -0.240. The van der Waals surface area contributed by atoms with Crippen LogP contribution in [0.4, 0.5) is 0 Å². The summed E-state index contributed by atoms with van der Waals surface area (Å²) >= 11 is 5.39. The molecule has 2 aliphatic rings. The summed E-state index contributed by atoms with van der Waals surface area (Å²) in [4.78, 5) is 11.2. The average molecular weight is 205 g/mol. The van der Waals surface area contributed by atoms with Crippen LogP contribution in [0.1, 0.15) is 41.7 Å². The quantitative estimate of drug-likeness (QED) is 0.510. The van der Waals surface area contributed by atoms with Crippen LogP contribution < -0.4 is 0 Å². The number of hydrogen-bond donors (Lipinski definition) is 0. The lowest BCUT2D eigenvalue weighted by Crippen LogP contribution is -2.29. The zero-order valence-electron chi connectivity index (χ0n) is 9.73.